The molecule has 0 aliphatic carbocycles. The van der Waals surface area contributed by atoms with Crippen molar-refractivity contribution in [3.8, 4) is 0 Å². The first-order chi connectivity index (χ1) is 13.1. The summed E-state index contributed by atoms with van der Waals surface area (Å²) in [6.45, 7) is 5.42. The Kier molecular flexibility index (Phi) is 8.70. The van der Waals surface area contributed by atoms with Crippen molar-refractivity contribution in [3.05, 3.63) is 53.9 Å². The average Bonchev–Trinajstić information content (AvgIpc) is 3.18. The summed E-state index contributed by atoms with van der Waals surface area (Å²) >= 11 is 0. The number of aromatic nitrogens is 1. The van der Waals surface area contributed by atoms with Crippen LogP contribution in [0.15, 0.2) is 52.2 Å². The fraction of sp³-hybridized carbons (Fsp3) is 0.444. The molecule has 1 fully saturated rings. The van der Waals surface area contributed by atoms with E-state index in [-0.39, 0.29) is 29.7 Å². The predicted molar refractivity (Wildman–Crippen MR) is 119 cm³/mol. The number of hydrogen-bond donors (Lipinski definition) is 1. The lowest BCUT2D eigenvalue weighted by Crippen LogP contribution is -2.53. The maximum Gasteiger partial charge on any atom is 0.220 e. The van der Waals surface area contributed by atoms with Crippen molar-refractivity contribution in [1.82, 2.24) is 19.7 Å². The molecular weight excluding hydrogens is 493 g/mol. The number of hydrogen-bond acceptors (Lipinski definition) is 5. The molecule has 0 atom stereocenters. The highest BCUT2D eigenvalue weighted by molar-refractivity contribution is 14.0. The highest BCUT2D eigenvalue weighted by Crippen LogP contribution is 2.13. The largest absolute Gasteiger partial charge is 0.364 e. The molecule has 0 amide bonds. The van der Waals surface area contributed by atoms with Gasteiger partial charge in [0.1, 0.15) is 12.0 Å². The summed E-state index contributed by atoms with van der Waals surface area (Å²) < 4.78 is 31.3. The van der Waals surface area contributed by atoms with Gasteiger partial charge < -0.3 is 14.7 Å². The zero-order valence-corrected chi connectivity index (χ0v) is 19.0. The molecule has 0 unspecified atom stereocenters. The minimum absolute atomic E-state index is 0. The summed E-state index contributed by atoms with van der Waals surface area (Å²) in [5.41, 5.74) is 1.57. The third kappa shape index (κ3) is 6.17. The lowest BCUT2D eigenvalue weighted by Gasteiger charge is -2.35. The van der Waals surface area contributed by atoms with Gasteiger partial charge in [-0.25, -0.2) is 13.4 Å². The van der Waals surface area contributed by atoms with Crippen LogP contribution in [0.4, 0.5) is 0 Å². The molecule has 10 heteroatoms. The van der Waals surface area contributed by atoms with E-state index >= 15 is 0 Å². The Labute approximate surface area is 183 Å². The van der Waals surface area contributed by atoms with Crippen molar-refractivity contribution in [2.24, 2.45) is 4.99 Å². The molecule has 0 spiro atoms. The van der Waals surface area contributed by atoms with Crippen LogP contribution in [-0.4, -0.2) is 61.5 Å². The second-order valence-electron chi connectivity index (χ2n) is 6.29. The molecule has 2 aromatic rings. The van der Waals surface area contributed by atoms with Crippen LogP contribution in [0.5, 0.6) is 0 Å². The highest BCUT2D eigenvalue weighted by atomic mass is 127. The van der Waals surface area contributed by atoms with Crippen LogP contribution in [0.1, 0.15) is 18.2 Å². The molecule has 1 aromatic heterocycles. The summed E-state index contributed by atoms with van der Waals surface area (Å²) in [7, 11) is -3.40. The molecule has 3 rings (SSSR count). The Hall–Kier alpha value is -1.66. The Balaban J connectivity index is 0.00000280. The fourth-order valence-corrected chi connectivity index (χ4v) is 4.37. The first-order valence-electron chi connectivity index (χ1n) is 9.03. The van der Waals surface area contributed by atoms with Gasteiger partial charge in [-0.15, -0.1) is 24.0 Å². The maximum atomic E-state index is 12.5. The lowest BCUT2D eigenvalue weighted by atomic mass is 10.2. The van der Waals surface area contributed by atoms with Crippen molar-refractivity contribution >= 4 is 40.0 Å². The molecule has 0 radical (unpaired) electrons. The molecule has 1 saturated heterocycles. The van der Waals surface area contributed by atoms with Crippen LogP contribution in [0.25, 0.3) is 0 Å². The van der Waals surface area contributed by atoms with Gasteiger partial charge in [0.05, 0.1) is 12.2 Å². The van der Waals surface area contributed by atoms with Gasteiger partial charge in [-0.3, -0.25) is 0 Å². The molecule has 1 aliphatic heterocycles. The van der Waals surface area contributed by atoms with Gasteiger partial charge in [0, 0.05) is 38.8 Å². The van der Waals surface area contributed by atoms with E-state index in [1.807, 2.05) is 37.3 Å². The van der Waals surface area contributed by atoms with Crippen molar-refractivity contribution < 1.29 is 12.9 Å². The number of halogens is 1. The summed E-state index contributed by atoms with van der Waals surface area (Å²) in [4.78, 5) is 6.80. The SMILES string of the molecule is CCNC(=NCc1ccccc1)N1CCN(S(=O)(=O)Cc2ccon2)CC1.I. The molecular formula is C18H26IN5O3S. The number of nitrogens with one attached hydrogen (secondary N) is 1. The number of guanidine groups is 1. The predicted octanol–water partition coefficient (Wildman–Crippen LogP) is 1.91. The number of piperazine rings is 1. The van der Waals surface area contributed by atoms with E-state index in [0.29, 0.717) is 38.4 Å². The normalized spacial score (nSPS) is 15.9. The summed E-state index contributed by atoms with van der Waals surface area (Å²) in [6.07, 6.45) is 1.38. The number of sulfonamides is 1. The zero-order chi connectivity index (χ0) is 19.1. The summed E-state index contributed by atoms with van der Waals surface area (Å²) in [5.74, 6) is 0.681. The van der Waals surface area contributed by atoms with Gasteiger partial charge in [-0.05, 0) is 12.5 Å². The van der Waals surface area contributed by atoms with Crippen molar-refractivity contribution in [3.63, 3.8) is 0 Å². The van der Waals surface area contributed by atoms with Crippen LogP contribution >= 0.6 is 24.0 Å². The Morgan fingerprint density at radius 2 is 1.89 bits per heavy atom. The standard InChI is InChI=1S/C18H25N5O3S.HI/c1-2-19-18(20-14-16-6-4-3-5-7-16)22-9-11-23(12-10-22)27(24,25)15-17-8-13-26-21-17;/h3-8,13H,2,9-12,14-15H2,1H3,(H,19,20);1H. The quantitative estimate of drug-likeness (QED) is 0.356. The van der Waals surface area contributed by atoms with Crippen LogP contribution in [0, 0.1) is 0 Å². The van der Waals surface area contributed by atoms with Gasteiger partial charge in [0.25, 0.3) is 0 Å². The second-order valence-corrected chi connectivity index (χ2v) is 8.26. The summed E-state index contributed by atoms with van der Waals surface area (Å²) in [5, 5.41) is 6.99. The van der Waals surface area contributed by atoms with Crippen molar-refractivity contribution in [1.29, 1.82) is 0 Å². The van der Waals surface area contributed by atoms with E-state index in [9.17, 15) is 8.42 Å². The van der Waals surface area contributed by atoms with Crippen LogP contribution < -0.4 is 5.32 Å². The highest BCUT2D eigenvalue weighted by Gasteiger charge is 2.28. The van der Waals surface area contributed by atoms with Crippen LogP contribution in [0.2, 0.25) is 0 Å². The first kappa shape index (κ1) is 22.6. The monoisotopic (exact) mass is 519 g/mol. The maximum absolute atomic E-state index is 12.5. The third-order valence-corrected chi connectivity index (χ3v) is 6.15. The first-order valence-corrected chi connectivity index (χ1v) is 10.6. The van der Waals surface area contributed by atoms with E-state index in [1.54, 1.807) is 6.07 Å². The Morgan fingerprint density at radius 1 is 1.18 bits per heavy atom. The third-order valence-electron chi connectivity index (χ3n) is 4.34. The van der Waals surface area contributed by atoms with Gasteiger partial charge in [0.2, 0.25) is 10.0 Å². The Bertz CT molecular complexity index is 835. The molecule has 154 valence electrons. The van der Waals surface area contributed by atoms with Gasteiger partial charge in [0.15, 0.2) is 5.96 Å². The van der Waals surface area contributed by atoms with Gasteiger partial charge in [-0.1, -0.05) is 35.5 Å². The molecule has 28 heavy (non-hydrogen) atoms. The molecule has 2 heterocycles. The topological polar surface area (TPSA) is 91.0 Å². The molecule has 0 bridgehead atoms. The van der Waals surface area contributed by atoms with Gasteiger partial charge in [-0.2, -0.15) is 4.31 Å². The van der Waals surface area contributed by atoms with Crippen LogP contribution in [-0.2, 0) is 22.3 Å². The van der Waals surface area contributed by atoms with E-state index in [2.05, 4.69) is 15.4 Å². The van der Waals surface area contributed by atoms with E-state index in [1.165, 1.54) is 10.6 Å². The fourth-order valence-electron chi connectivity index (χ4n) is 2.94. The number of nitrogens with zero attached hydrogens (tertiary/aromatic N) is 4. The number of rotatable bonds is 6. The van der Waals surface area contributed by atoms with E-state index in [4.69, 9.17) is 9.52 Å². The molecule has 1 aromatic carbocycles. The second kappa shape index (κ2) is 10.8. The zero-order valence-electron chi connectivity index (χ0n) is 15.8. The van der Waals surface area contributed by atoms with E-state index < -0.39 is 10.0 Å². The van der Waals surface area contributed by atoms with E-state index in [0.717, 1.165) is 18.1 Å². The smallest absolute Gasteiger partial charge is 0.220 e. The summed E-state index contributed by atoms with van der Waals surface area (Å²) in [6, 6.07) is 11.6. The lowest BCUT2D eigenvalue weighted by molar-refractivity contribution is 0.259. The number of aliphatic imine (C=N–C) groups is 1. The van der Waals surface area contributed by atoms with Crippen molar-refractivity contribution in [2.45, 2.75) is 19.2 Å². The van der Waals surface area contributed by atoms with Crippen molar-refractivity contribution in [2.75, 3.05) is 32.7 Å². The molecule has 0 saturated carbocycles. The minimum atomic E-state index is -3.40. The molecule has 1 N–H and O–H groups in total. The average molecular weight is 519 g/mol. The minimum Gasteiger partial charge on any atom is -0.364 e. The molecule has 1 aliphatic rings. The number of benzene rings is 1. The Morgan fingerprint density at radius 3 is 2.50 bits per heavy atom. The van der Waals surface area contributed by atoms with Gasteiger partial charge >= 0.3 is 0 Å². The van der Waals surface area contributed by atoms with Crippen LogP contribution in [0.3, 0.4) is 0 Å². The molecule has 8 nitrogen and oxygen atoms in total.